The van der Waals surface area contributed by atoms with Crippen LogP contribution in [0.1, 0.15) is 20.8 Å². The Bertz CT molecular complexity index is 1720. The lowest BCUT2D eigenvalue weighted by Gasteiger charge is -2.17. The van der Waals surface area contributed by atoms with Crippen molar-refractivity contribution in [2.45, 2.75) is 20.8 Å². The summed E-state index contributed by atoms with van der Waals surface area (Å²) in [6.07, 6.45) is 7.07. The highest BCUT2D eigenvalue weighted by Crippen LogP contribution is 2.34. The highest BCUT2D eigenvalue weighted by molar-refractivity contribution is 7.13. The fourth-order valence-corrected chi connectivity index (χ4v) is 4.75. The van der Waals surface area contributed by atoms with Gasteiger partial charge in [-0.15, -0.1) is 11.3 Å². The highest BCUT2D eigenvalue weighted by atomic mass is 32.1. The molecule has 0 aliphatic carbocycles. The molecule has 1 aromatic carbocycles. The van der Waals surface area contributed by atoms with E-state index in [0.717, 1.165) is 49.2 Å². The Hall–Kier alpha value is -4.37. The Morgan fingerprint density at radius 2 is 1.83 bits per heavy atom. The monoisotopic (exact) mass is 493 g/mol. The number of pyridine rings is 2. The number of H-pyrrole nitrogens is 2. The first-order valence-electron chi connectivity index (χ1n) is 11.5. The van der Waals surface area contributed by atoms with E-state index >= 15 is 0 Å². The Labute approximate surface area is 210 Å². The lowest BCUT2D eigenvalue weighted by molar-refractivity contribution is -0.123. The lowest BCUT2D eigenvalue weighted by Crippen LogP contribution is -2.27. The van der Waals surface area contributed by atoms with E-state index in [4.69, 9.17) is 4.98 Å². The second kappa shape index (κ2) is 8.39. The first kappa shape index (κ1) is 22.1. The number of thiophene rings is 1. The topological polar surface area (TPSA) is 112 Å². The number of fused-ring (bicyclic) bond motifs is 2. The van der Waals surface area contributed by atoms with Crippen molar-refractivity contribution in [3.8, 4) is 33.1 Å². The summed E-state index contributed by atoms with van der Waals surface area (Å²) in [6.45, 7) is 5.64. The van der Waals surface area contributed by atoms with Gasteiger partial charge in [0.25, 0.3) is 0 Å². The first-order valence-corrected chi connectivity index (χ1v) is 12.4. The molecule has 8 nitrogen and oxygen atoms in total. The van der Waals surface area contributed by atoms with Crippen molar-refractivity contribution in [3.05, 3.63) is 66.6 Å². The Kier molecular flexibility index (Phi) is 5.15. The first-order chi connectivity index (χ1) is 17.4. The van der Waals surface area contributed by atoms with Gasteiger partial charge in [-0.1, -0.05) is 32.9 Å². The molecular formula is C27H23N7OS. The third-order valence-electron chi connectivity index (χ3n) is 5.98. The highest BCUT2D eigenvalue weighted by Gasteiger charge is 2.21. The van der Waals surface area contributed by atoms with Crippen molar-refractivity contribution >= 4 is 44.9 Å². The minimum Gasteiger partial charge on any atom is -0.335 e. The van der Waals surface area contributed by atoms with Gasteiger partial charge < -0.3 is 10.3 Å². The summed E-state index contributed by atoms with van der Waals surface area (Å²) in [4.78, 5) is 30.6. The summed E-state index contributed by atoms with van der Waals surface area (Å²) in [5, 5.41) is 13.6. The summed E-state index contributed by atoms with van der Waals surface area (Å²) >= 11 is 1.66. The summed E-state index contributed by atoms with van der Waals surface area (Å²) in [5.74, 6) is 0.610. The van der Waals surface area contributed by atoms with Crippen molar-refractivity contribution in [1.82, 2.24) is 30.1 Å². The molecule has 0 aliphatic heterocycles. The Balaban J connectivity index is 1.40. The van der Waals surface area contributed by atoms with Crippen LogP contribution in [0.4, 0.5) is 5.69 Å². The number of amides is 1. The van der Waals surface area contributed by atoms with E-state index < -0.39 is 5.41 Å². The maximum Gasteiger partial charge on any atom is 0.229 e. The SMILES string of the molecule is CC(C)(C)C(=O)Nc1cncc(-c2ccc3[nH]nc(-c4nc5c(-c6cccs6)cncc5[nH]4)c3c2)c1. The molecular weight excluding hydrogens is 470 g/mol. The van der Waals surface area contributed by atoms with Gasteiger partial charge in [0.1, 0.15) is 11.2 Å². The number of anilines is 1. The fourth-order valence-electron chi connectivity index (χ4n) is 4.02. The molecule has 6 rings (SSSR count). The molecule has 0 atom stereocenters. The van der Waals surface area contributed by atoms with Crippen LogP contribution in [0.25, 0.3) is 55.0 Å². The van der Waals surface area contributed by atoms with Crippen LogP contribution in [-0.2, 0) is 4.79 Å². The van der Waals surface area contributed by atoms with E-state index in [0.29, 0.717) is 11.5 Å². The number of aromatic amines is 2. The molecule has 0 unspecified atom stereocenters. The lowest BCUT2D eigenvalue weighted by atomic mass is 9.95. The zero-order valence-corrected chi connectivity index (χ0v) is 20.8. The minimum atomic E-state index is -0.494. The van der Waals surface area contributed by atoms with Crippen LogP contribution in [0.5, 0.6) is 0 Å². The Morgan fingerprint density at radius 3 is 2.64 bits per heavy atom. The largest absolute Gasteiger partial charge is 0.335 e. The van der Waals surface area contributed by atoms with Gasteiger partial charge in [0.05, 0.1) is 29.1 Å². The quantitative estimate of drug-likeness (QED) is 0.268. The van der Waals surface area contributed by atoms with Crippen LogP contribution in [-0.4, -0.2) is 36.0 Å². The molecule has 5 heterocycles. The van der Waals surface area contributed by atoms with E-state index in [1.54, 1.807) is 29.9 Å². The smallest absolute Gasteiger partial charge is 0.229 e. The predicted octanol–water partition coefficient (Wildman–Crippen LogP) is 6.28. The number of hydrogen-bond acceptors (Lipinski definition) is 6. The van der Waals surface area contributed by atoms with E-state index in [1.807, 2.05) is 56.6 Å². The van der Waals surface area contributed by atoms with Crippen LogP contribution >= 0.6 is 11.3 Å². The molecule has 36 heavy (non-hydrogen) atoms. The molecule has 0 saturated heterocycles. The molecule has 0 bridgehead atoms. The summed E-state index contributed by atoms with van der Waals surface area (Å²) in [5.41, 5.74) is 6.35. The number of hydrogen-bond donors (Lipinski definition) is 3. The summed E-state index contributed by atoms with van der Waals surface area (Å²) < 4.78 is 0. The number of carbonyl (C=O) groups is 1. The van der Waals surface area contributed by atoms with Gasteiger partial charge in [-0.25, -0.2) is 4.98 Å². The summed E-state index contributed by atoms with van der Waals surface area (Å²) in [7, 11) is 0. The third kappa shape index (κ3) is 3.93. The standard InChI is InChI=1S/C27H23N7OS/c1-27(2,3)26(35)30-17-9-16(11-28-12-17)15-6-7-20-18(10-15)24(34-33-20)25-31-21-14-29-13-19(23(21)32-25)22-5-4-8-36-22/h4-14H,1-3H3,(H,30,35)(H,31,32)(H,33,34). The van der Waals surface area contributed by atoms with Crippen LogP contribution in [0, 0.1) is 5.41 Å². The van der Waals surface area contributed by atoms with E-state index in [-0.39, 0.29) is 5.91 Å². The number of aromatic nitrogens is 6. The van der Waals surface area contributed by atoms with Crippen molar-refractivity contribution < 1.29 is 4.79 Å². The second-order valence-electron chi connectivity index (χ2n) is 9.64. The molecule has 178 valence electrons. The molecule has 0 spiro atoms. The second-order valence-corrected chi connectivity index (χ2v) is 10.6. The zero-order chi connectivity index (χ0) is 24.9. The van der Waals surface area contributed by atoms with Crippen molar-refractivity contribution in [2.75, 3.05) is 5.32 Å². The minimum absolute atomic E-state index is 0.0599. The Morgan fingerprint density at radius 1 is 0.972 bits per heavy atom. The molecule has 3 N–H and O–H groups in total. The fraction of sp³-hybridized carbons (Fsp3) is 0.148. The number of carbonyl (C=O) groups excluding carboxylic acids is 1. The van der Waals surface area contributed by atoms with Gasteiger partial charge in [0.15, 0.2) is 5.82 Å². The van der Waals surface area contributed by atoms with Crippen molar-refractivity contribution in [3.63, 3.8) is 0 Å². The van der Waals surface area contributed by atoms with Crippen molar-refractivity contribution in [2.24, 2.45) is 5.41 Å². The predicted molar refractivity (Wildman–Crippen MR) is 144 cm³/mol. The maximum atomic E-state index is 12.4. The van der Waals surface area contributed by atoms with E-state index in [2.05, 4.69) is 42.6 Å². The molecule has 0 saturated carbocycles. The van der Waals surface area contributed by atoms with Gasteiger partial charge in [-0.3, -0.25) is 19.9 Å². The zero-order valence-electron chi connectivity index (χ0n) is 20.0. The van der Waals surface area contributed by atoms with Crippen LogP contribution < -0.4 is 5.32 Å². The molecule has 5 aromatic heterocycles. The average Bonchev–Trinajstić information content (AvgIpc) is 3.62. The van der Waals surface area contributed by atoms with Gasteiger partial charge >= 0.3 is 0 Å². The average molecular weight is 494 g/mol. The van der Waals surface area contributed by atoms with E-state index in [9.17, 15) is 4.79 Å². The van der Waals surface area contributed by atoms with Gasteiger partial charge in [0, 0.05) is 39.2 Å². The molecule has 1 amide bonds. The van der Waals surface area contributed by atoms with Crippen molar-refractivity contribution in [1.29, 1.82) is 0 Å². The molecule has 0 aliphatic rings. The van der Waals surface area contributed by atoms with E-state index in [1.165, 1.54) is 0 Å². The number of imidazole rings is 1. The van der Waals surface area contributed by atoms with Crippen LogP contribution in [0.2, 0.25) is 0 Å². The number of rotatable bonds is 4. The van der Waals surface area contributed by atoms with Gasteiger partial charge in [-0.2, -0.15) is 5.10 Å². The summed E-state index contributed by atoms with van der Waals surface area (Å²) in [6, 6.07) is 12.1. The molecule has 6 aromatic rings. The van der Waals surface area contributed by atoms with Gasteiger partial charge in [-0.05, 0) is 35.2 Å². The maximum absolute atomic E-state index is 12.4. The van der Waals surface area contributed by atoms with Gasteiger partial charge in [0.2, 0.25) is 5.91 Å². The third-order valence-corrected chi connectivity index (χ3v) is 6.88. The number of nitrogens with one attached hydrogen (secondary N) is 3. The van der Waals surface area contributed by atoms with Crippen LogP contribution in [0.15, 0.2) is 66.6 Å². The number of nitrogens with zero attached hydrogens (tertiary/aromatic N) is 4. The normalized spacial score (nSPS) is 11.9. The molecule has 0 fully saturated rings. The molecule has 9 heteroatoms. The number of benzene rings is 1. The molecule has 0 radical (unpaired) electrons. The van der Waals surface area contributed by atoms with Crippen LogP contribution in [0.3, 0.4) is 0 Å².